The van der Waals surface area contributed by atoms with Crippen LogP contribution >= 0.6 is 11.3 Å². The third kappa shape index (κ3) is 1.87. The van der Waals surface area contributed by atoms with Crippen LogP contribution < -0.4 is 0 Å². The fourth-order valence-corrected chi connectivity index (χ4v) is 2.60. The maximum atomic E-state index is 11.5. The fourth-order valence-electron chi connectivity index (χ4n) is 1.55. The number of aromatic nitrogens is 1. The van der Waals surface area contributed by atoms with Crippen molar-refractivity contribution in [1.82, 2.24) is 4.98 Å². The van der Waals surface area contributed by atoms with Gasteiger partial charge in [0.05, 0.1) is 15.2 Å². The van der Waals surface area contributed by atoms with Crippen molar-refractivity contribution in [2.24, 2.45) is 0 Å². The maximum Gasteiger partial charge on any atom is 0.162 e. The minimum absolute atomic E-state index is 0.0394. The van der Waals surface area contributed by atoms with Gasteiger partial charge in [-0.25, -0.2) is 4.98 Å². The van der Waals surface area contributed by atoms with Gasteiger partial charge in [-0.15, -0.1) is 11.3 Å². The molecule has 0 amide bonds. The summed E-state index contributed by atoms with van der Waals surface area (Å²) in [6, 6.07) is 5.79. The van der Waals surface area contributed by atoms with E-state index < -0.39 is 0 Å². The lowest BCUT2D eigenvalue weighted by molar-refractivity contribution is 0.101. The summed E-state index contributed by atoms with van der Waals surface area (Å²) in [5.41, 5.74) is 1.62. The highest BCUT2D eigenvalue weighted by molar-refractivity contribution is 7.18. The molecule has 3 heteroatoms. The van der Waals surface area contributed by atoms with Crippen molar-refractivity contribution in [2.45, 2.75) is 33.1 Å². The SMILES string of the molecule is CC(=O)c1cccc2sc(C(C)(C)C)nc12. The smallest absolute Gasteiger partial charge is 0.162 e. The minimum atomic E-state index is 0.0394. The number of benzene rings is 1. The summed E-state index contributed by atoms with van der Waals surface area (Å²) in [5.74, 6) is 0.0800. The van der Waals surface area contributed by atoms with Gasteiger partial charge in [0.1, 0.15) is 0 Å². The molecule has 0 radical (unpaired) electrons. The Morgan fingerprint density at radius 1 is 1.31 bits per heavy atom. The highest BCUT2D eigenvalue weighted by Crippen LogP contribution is 2.32. The van der Waals surface area contributed by atoms with Gasteiger partial charge in [-0.1, -0.05) is 26.8 Å². The molecule has 0 saturated carbocycles. The number of carbonyl (C=O) groups is 1. The number of fused-ring (bicyclic) bond motifs is 1. The Bertz CT molecular complexity index is 549. The Kier molecular flexibility index (Phi) is 2.58. The Hall–Kier alpha value is -1.22. The molecule has 0 unspecified atom stereocenters. The van der Waals surface area contributed by atoms with E-state index in [4.69, 9.17) is 0 Å². The van der Waals surface area contributed by atoms with Gasteiger partial charge in [0, 0.05) is 11.0 Å². The number of ketones is 1. The number of Topliss-reactive ketones (excluding diaryl/α,β-unsaturated/α-hetero) is 1. The van der Waals surface area contributed by atoms with Crippen LogP contribution in [0.5, 0.6) is 0 Å². The number of hydrogen-bond acceptors (Lipinski definition) is 3. The molecule has 0 aliphatic rings. The zero-order valence-corrected chi connectivity index (χ0v) is 10.8. The third-order valence-corrected chi connectivity index (χ3v) is 3.89. The van der Waals surface area contributed by atoms with E-state index >= 15 is 0 Å². The van der Waals surface area contributed by atoms with E-state index in [0.29, 0.717) is 0 Å². The summed E-state index contributed by atoms with van der Waals surface area (Å²) < 4.78 is 1.10. The van der Waals surface area contributed by atoms with Gasteiger partial charge in [-0.2, -0.15) is 0 Å². The van der Waals surface area contributed by atoms with E-state index in [0.717, 1.165) is 20.8 Å². The zero-order valence-electron chi connectivity index (χ0n) is 10.00. The molecule has 2 nitrogen and oxygen atoms in total. The number of rotatable bonds is 1. The molecule has 0 atom stereocenters. The van der Waals surface area contributed by atoms with Crippen LogP contribution in [-0.4, -0.2) is 10.8 Å². The molecule has 0 spiro atoms. The normalized spacial score (nSPS) is 12.0. The average molecular weight is 233 g/mol. The van der Waals surface area contributed by atoms with Gasteiger partial charge in [0.15, 0.2) is 5.78 Å². The minimum Gasteiger partial charge on any atom is -0.294 e. The quantitative estimate of drug-likeness (QED) is 0.701. The van der Waals surface area contributed by atoms with Gasteiger partial charge < -0.3 is 0 Å². The molecule has 0 saturated heterocycles. The monoisotopic (exact) mass is 233 g/mol. The third-order valence-electron chi connectivity index (χ3n) is 2.44. The number of para-hydroxylation sites is 1. The predicted molar refractivity (Wildman–Crippen MR) is 68.3 cm³/mol. The van der Waals surface area contributed by atoms with Crippen LogP contribution in [0.1, 0.15) is 43.1 Å². The second kappa shape index (κ2) is 3.67. The van der Waals surface area contributed by atoms with Crippen LogP contribution in [0.4, 0.5) is 0 Å². The van der Waals surface area contributed by atoms with Gasteiger partial charge in [-0.3, -0.25) is 4.79 Å². The number of carbonyl (C=O) groups excluding carboxylic acids is 1. The first kappa shape index (κ1) is 11.3. The summed E-state index contributed by atoms with van der Waals surface area (Å²) in [7, 11) is 0. The van der Waals surface area contributed by atoms with Gasteiger partial charge in [0.2, 0.25) is 0 Å². The molecular weight excluding hydrogens is 218 g/mol. The molecule has 0 aliphatic heterocycles. The van der Waals surface area contributed by atoms with Crippen LogP contribution in [0.25, 0.3) is 10.2 Å². The van der Waals surface area contributed by atoms with Gasteiger partial charge in [-0.05, 0) is 19.1 Å². The highest BCUT2D eigenvalue weighted by Gasteiger charge is 2.20. The summed E-state index contributed by atoms with van der Waals surface area (Å²) in [4.78, 5) is 16.1. The first-order chi connectivity index (χ1) is 7.39. The van der Waals surface area contributed by atoms with Crippen molar-refractivity contribution in [3.05, 3.63) is 28.8 Å². The molecule has 2 aromatic rings. The lowest BCUT2D eigenvalue weighted by atomic mass is 9.98. The van der Waals surface area contributed by atoms with Crippen molar-refractivity contribution in [3.8, 4) is 0 Å². The molecular formula is C13H15NOS. The molecule has 84 valence electrons. The largest absolute Gasteiger partial charge is 0.294 e. The molecule has 1 aromatic heterocycles. The Morgan fingerprint density at radius 3 is 2.56 bits per heavy atom. The van der Waals surface area contributed by atoms with Crippen molar-refractivity contribution < 1.29 is 4.79 Å². The Balaban J connectivity index is 2.71. The standard InChI is InChI=1S/C13H15NOS/c1-8(15)9-6-5-7-10-11(9)14-12(16-10)13(2,3)4/h5-7H,1-4H3. The van der Waals surface area contributed by atoms with Crippen molar-refractivity contribution in [2.75, 3.05) is 0 Å². The van der Waals surface area contributed by atoms with Crippen molar-refractivity contribution in [1.29, 1.82) is 0 Å². The Labute approximate surface area is 99.3 Å². The number of nitrogens with zero attached hydrogens (tertiary/aromatic N) is 1. The fraction of sp³-hybridized carbons (Fsp3) is 0.385. The predicted octanol–water partition coefficient (Wildman–Crippen LogP) is 3.80. The summed E-state index contributed by atoms with van der Waals surface area (Å²) in [6.07, 6.45) is 0. The molecule has 1 aromatic carbocycles. The molecule has 0 fully saturated rings. The number of thiazole rings is 1. The second-order valence-electron chi connectivity index (χ2n) is 4.98. The lowest BCUT2D eigenvalue weighted by Gasteiger charge is -2.13. The van der Waals surface area contributed by atoms with Gasteiger partial charge >= 0.3 is 0 Å². The summed E-state index contributed by atoms with van der Waals surface area (Å²) in [6.45, 7) is 8.00. The molecule has 2 rings (SSSR count). The second-order valence-corrected chi connectivity index (χ2v) is 6.01. The topological polar surface area (TPSA) is 30.0 Å². The van der Waals surface area contributed by atoms with Crippen LogP contribution in [0.15, 0.2) is 18.2 Å². The Morgan fingerprint density at radius 2 is 2.00 bits per heavy atom. The van der Waals surface area contributed by atoms with Crippen molar-refractivity contribution in [3.63, 3.8) is 0 Å². The van der Waals surface area contributed by atoms with E-state index in [9.17, 15) is 4.79 Å². The van der Waals surface area contributed by atoms with Crippen LogP contribution in [0.3, 0.4) is 0 Å². The first-order valence-electron chi connectivity index (χ1n) is 5.30. The van der Waals surface area contributed by atoms with Crippen LogP contribution in [0.2, 0.25) is 0 Å². The molecule has 0 N–H and O–H groups in total. The molecule has 16 heavy (non-hydrogen) atoms. The summed E-state index contributed by atoms with van der Waals surface area (Å²) in [5, 5.41) is 1.08. The zero-order chi connectivity index (χ0) is 11.9. The van der Waals surface area contributed by atoms with Gasteiger partial charge in [0.25, 0.3) is 0 Å². The number of hydrogen-bond donors (Lipinski definition) is 0. The lowest BCUT2D eigenvalue weighted by Crippen LogP contribution is -2.10. The van der Waals surface area contributed by atoms with E-state index in [1.807, 2.05) is 18.2 Å². The van der Waals surface area contributed by atoms with Crippen molar-refractivity contribution >= 4 is 27.3 Å². The molecule has 0 aliphatic carbocycles. The molecule has 0 bridgehead atoms. The van der Waals surface area contributed by atoms with E-state index in [-0.39, 0.29) is 11.2 Å². The van der Waals surface area contributed by atoms with E-state index in [1.54, 1.807) is 18.3 Å². The van der Waals surface area contributed by atoms with Crippen LogP contribution in [-0.2, 0) is 5.41 Å². The van der Waals surface area contributed by atoms with E-state index in [1.165, 1.54) is 0 Å². The highest BCUT2D eigenvalue weighted by atomic mass is 32.1. The van der Waals surface area contributed by atoms with Crippen LogP contribution in [0, 0.1) is 0 Å². The maximum absolute atomic E-state index is 11.5. The molecule has 1 heterocycles. The summed E-state index contributed by atoms with van der Waals surface area (Å²) >= 11 is 1.67. The van der Waals surface area contributed by atoms with E-state index in [2.05, 4.69) is 25.8 Å². The average Bonchev–Trinajstić information content (AvgIpc) is 2.59. The first-order valence-corrected chi connectivity index (χ1v) is 6.12.